The lowest BCUT2D eigenvalue weighted by Gasteiger charge is -2.14. The van der Waals surface area contributed by atoms with Crippen LogP contribution in [0.3, 0.4) is 0 Å². The van der Waals surface area contributed by atoms with Crippen LogP contribution in [0.25, 0.3) is 0 Å². The zero-order chi connectivity index (χ0) is 10.0. The molecule has 0 aliphatic carbocycles. The molecule has 1 aromatic carbocycles. The lowest BCUT2D eigenvalue weighted by Crippen LogP contribution is -1.96. The molecule has 3 heteroatoms. The number of hydrogen-bond acceptors (Lipinski definition) is 0. The second kappa shape index (κ2) is 4.68. The molecule has 1 aromatic rings. The summed E-state index contributed by atoms with van der Waals surface area (Å²) in [5.41, 5.74) is 2.25. The first-order valence-corrected chi connectivity index (χ1v) is 5.81. The minimum absolute atomic E-state index is 0.432. The van der Waals surface area contributed by atoms with Crippen LogP contribution in [0.4, 0.5) is 0 Å². The molecule has 0 aliphatic heterocycles. The maximum atomic E-state index is 6.04. The fourth-order valence-corrected chi connectivity index (χ4v) is 2.79. The Hall–Kier alpha value is 0.280. The lowest BCUT2D eigenvalue weighted by molar-refractivity contribution is 0.848. The minimum Gasteiger partial charge on any atom is -0.121 e. The predicted octanol–water partition coefficient (Wildman–Crippen LogP) is 4.96. The first-order valence-electron chi connectivity index (χ1n) is 4.10. The molecule has 13 heavy (non-hydrogen) atoms. The van der Waals surface area contributed by atoms with E-state index in [1.165, 1.54) is 5.56 Å². The fourth-order valence-electron chi connectivity index (χ4n) is 1.37. The van der Waals surface area contributed by atoms with Crippen LogP contribution in [0.2, 0.25) is 5.02 Å². The van der Waals surface area contributed by atoms with Gasteiger partial charge in [-0.2, -0.15) is 0 Å². The standard InChI is InChI=1S/C10H11BrCl2/c1-6(2)10-7(5-12)9(13)4-3-8(10)11/h3-4,6H,5H2,1-2H3. The highest BCUT2D eigenvalue weighted by atomic mass is 79.9. The molecule has 0 saturated heterocycles. The second-order valence-corrected chi connectivity index (χ2v) is 4.74. The highest BCUT2D eigenvalue weighted by molar-refractivity contribution is 9.10. The summed E-state index contributed by atoms with van der Waals surface area (Å²) in [7, 11) is 0. The van der Waals surface area contributed by atoms with Crippen molar-refractivity contribution in [1.29, 1.82) is 0 Å². The van der Waals surface area contributed by atoms with Crippen molar-refractivity contribution in [1.82, 2.24) is 0 Å². The van der Waals surface area contributed by atoms with Crippen LogP contribution in [-0.4, -0.2) is 0 Å². The fraction of sp³-hybridized carbons (Fsp3) is 0.400. The average molecular weight is 282 g/mol. The Kier molecular flexibility index (Phi) is 4.08. The Morgan fingerprint density at radius 1 is 1.38 bits per heavy atom. The smallest absolute Gasteiger partial charge is 0.0492 e. The minimum atomic E-state index is 0.432. The van der Waals surface area contributed by atoms with Crippen molar-refractivity contribution in [3.05, 3.63) is 32.8 Å². The first-order chi connectivity index (χ1) is 6.07. The molecular formula is C10H11BrCl2. The zero-order valence-electron chi connectivity index (χ0n) is 7.57. The third-order valence-corrected chi connectivity index (χ3v) is 3.27. The van der Waals surface area contributed by atoms with Gasteiger partial charge in [-0.05, 0) is 29.2 Å². The summed E-state index contributed by atoms with van der Waals surface area (Å²) in [6, 6.07) is 3.84. The molecule has 0 spiro atoms. The van der Waals surface area contributed by atoms with Gasteiger partial charge in [-0.15, -0.1) is 11.6 Å². The largest absolute Gasteiger partial charge is 0.121 e. The molecule has 0 amide bonds. The van der Waals surface area contributed by atoms with Gasteiger partial charge in [0.1, 0.15) is 0 Å². The third-order valence-electron chi connectivity index (χ3n) is 1.96. The molecule has 0 heterocycles. The Morgan fingerprint density at radius 3 is 2.38 bits per heavy atom. The van der Waals surface area contributed by atoms with Crippen molar-refractivity contribution in [2.24, 2.45) is 0 Å². The summed E-state index contributed by atoms with van der Waals surface area (Å²) in [6.45, 7) is 4.26. The molecule has 0 fully saturated rings. The molecular weight excluding hydrogens is 271 g/mol. The Morgan fingerprint density at radius 2 is 2.00 bits per heavy atom. The monoisotopic (exact) mass is 280 g/mol. The van der Waals surface area contributed by atoms with Gasteiger partial charge in [0.25, 0.3) is 0 Å². The maximum Gasteiger partial charge on any atom is 0.0492 e. The van der Waals surface area contributed by atoms with E-state index in [9.17, 15) is 0 Å². The summed E-state index contributed by atoms with van der Waals surface area (Å²) < 4.78 is 1.09. The van der Waals surface area contributed by atoms with Gasteiger partial charge in [-0.1, -0.05) is 41.4 Å². The van der Waals surface area contributed by atoms with Gasteiger partial charge in [-0.3, -0.25) is 0 Å². The first kappa shape index (κ1) is 11.4. The van der Waals surface area contributed by atoms with E-state index in [-0.39, 0.29) is 0 Å². The van der Waals surface area contributed by atoms with Crippen LogP contribution < -0.4 is 0 Å². The number of rotatable bonds is 2. The van der Waals surface area contributed by atoms with Crippen LogP contribution in [0.1, 0.15) is 30.9 Å². The van der Waals surface area contributed by atoms with Gasteiger partial charge in [0.2, 0.25) is 0 Å². The van der Waals surface area contributed by atoms with Gasteiger partial charge >= 0.3 is 0 Å². The molecule has 0 atom stereocenters. The second-order valence-electron chi connectivity index (χ2n) is 3.21. The van der Waals surface area contributed by atoms with Crippen LogP contribution in [0, 0.1) is 0 Å². The van der Waals surface area contributed by atoms with Gasteiger partial charge in [-0.25, -0.2) is 0 Å². The van der Waals surface area contributed by atoms with Crippen LogP contribution in [0.15, 0.2) is 16.6 Å². The molecule has 1 rings (SSSR count). The summed E-state index contributed by atoms with van der Waals surface area (Å²) in [6.07, 6.45) is 0. The van der Waals surface area contributed by atoms with Gasteiger partial charge in [0.15, 0.2) is 0 Å². The van der Waals surface area contributed by atoms with E-state index in [2.05, 4.69) is 29.8 Å². The topological polar surface area (TPSA) is 0 Å². The zero-order valence-corrected chi connectivity index (χ0v) is 10.7. The van der Waals surface area contributed by atoms with E-state index in [1.807, 2.05) is 12.1 Å². The molecule has 0 aliphatic rings. The van der Waals surface area contributed by atoms with E-state index in [0.717, 1.165) is 15.1 Å². The van der Waals surface area contributed by atoms with E-state index < -0.39 is 0 Å². The molecule has 0 unspecified atom stereocenters. The van der Waals surface area contributed by atoms with E-state index in [1.54, 1.807) is 0 Å². The molecule has 0 radical (unpaired) electrons. The molecule has 0 aromatic heterocycles. The third kappa shape index (κ3) is 2.39. The van der Waals surface area contributed by atoms with Crippen molar-refractivity contribution in [3.63, 3.8) is 0 Å². The summed E-state index contributed by atoms with van der Waals surface area (Å²) in [4.78, 5) is 0. The van der Waals surface area contributed by atoms with Crippen LogP contribution in [-0.2, 0) is 5.88 Å². The number of alkyl halides is 1. The predicted molar refractivity (Wildman–Crippen MR) is 62.8 cm³/mol. The number of benzene rings is 1. The SMILES string of the molecule is CC(C)c1c(Br)ccc(Cl)c1CCl. The number of halogens is 3. The molecule has 0 N–H and O–H groups in total. The summed E-state index contributed by atoms with van der Waals surface area (Å²) in [5.74, 6) is 0.896. The lowest BCUT2D eigenvalue weighted by atomic mass is 9.98. The molecule has 0 nitrogen and oxygen atoms in total. The van der Waals surface area contributed by atoms with E-state index in [4.69, 9.17) is 23.2 Å². The van der Waals surface area contributed by atoms with Gasteiger partial charge in [0.05, 0.1) is 0 Å². The van der Waals surface area contributed by atoms with Gasteiger partial charge < -0.3 is 0 Å². The van der Waals surface area contributed by atoms with Gasteiger partial charge in [0, 0.05) is 15.4 Å². The molecule has 0 saturated carbocycles. The van der Waals surface area contributed by atoms with E-state index in [0.29, 0.717) is 11.8 Å². The van der Waals surface area contributed by atoms with E-state index >= 15 is 0 Å². The summed E-state index contributed by atoms with van der Waals surface area (Å²) >= 11 is 15.4. The van der Waals surface area contributed by atoms with Crippen LogP contribution >= 0.6 is 39.1 Å². The average Bonchev–Trinajstić information content (AvgIpc) is 2.07. The van der Waals surface area contributed by atoms with Crippen molar-refractivity contribution in [2.45, 2.75) is 25.6 Å². The van der Waals surface area contributed by atoms with Crippen molar-refractivity contribution < 1.29 is 0 Å². The highest BCUT2D eigenvalue weighted by Gasteiger charge is 2.12. The number of hydrogen-bond donors (Lipinski definition) is 0. The Labute approximate surface area is 97.4 Å². The van der Waals surface area contributed by atoms with Crippen molar-refractivity contribution >= 4 is 39.1 Å². The van der Waals surface area contributed by atoms with Crippen molar-refractivity contribution in [3.8, 4) is 0 Å². The Bertz CT molecular complexity index is 308. The maximum absolute atomic E-state index is 6.04. The summed E-state index contributed by atoms with van der Waals surface area (Å²) in [5, 5.41) is 0.752. The normalized spacial score (nSPS) is 10.9. The quantitative estimate of drug-likeness (QED) is 0.672. The van der Waals surface area contributed by atoms with Crippen molar-refractivity contribution in [2.75, 3.05) is 0 Å². The highest BCUT2D eigenvalue weighted by Crippen LogP contribution is 2.33. The molecule has 72 valence electrons. The Balaban J connectivity index is 3.35. The van der Waals surface area contributed by atoms with Crippen LogP contribution in [0.5, 0.6) is 0 Å². The molecule has 0 bridgehead atoms.